The number of rotatable bonds is 6. The molecular weight excluding hydrogens is 292 g/mol. The third-order valence-corrected chi connectivity index (χ3v) is 6.70. The maximum absolute atomic E-state index is 12.9. The summed E-state index contributed by atoms with van der Waals surface area (Å²) in [5.74, 6) is 0.513. The van der Waals surface area contributed by atoms with Crippen LogP contribution in [0.15, 0.2) is 0 Å². The van der Waals surface area contributed by atoms with Gasteiger partial charge in [-0.3, -0.25) is 14.5 Å². The summed E-state index contributed by atoms with van der Waals surface area (Å²) in [5, 5.41) is 9.68. The molecule has 1 N–H and O–H groups in total. The fourth-order valence-electron chi connectivity index (χ4n) is 5.06. The number of hydrogen-bond donors (Lipinski definition) is 1. The van der Waals surface area contributed by atoms with Gasteiger partial charge in [0.05, 0.1) is 12.0 Å². The van der Waals surface area contributed by atoms with Crippen molar-refractivity contribution in [2.45, 2.75) is 64.0 Å². The van der Waals surface area contributed by atoms with Crippen molar-refractivity contribution in [3.8, 4) is 0 Å². The van der Waals surface area contributed by atoms with Gasteiger partial charge in [-0.05, 0) is 57.3 Å². The van der Waals surface area contributed by atoms with Crippen LogP contribution < -0.4 is 0 Å². The van der Waals surface area contributed by atoms with E-state index in [0.717, 1.165) is 38.6 Å². The minimum Gasteiger partial charge on any atom is -0.481 e. The summed E-state index contributed by atoms with van der Waals surface area (Å²) in [5.41, 5.74) is -0.577. The first-order valence-electron chi connectivity index (χ1n) is 9.28. The Morgan fingerprint density at radius 2 is 2.00 bits per heavy atom. The Morgan fingerprint density at radius 3 is 2.57 bits per heavy atom. The third kappa shape index (κ3) is 2.67. The van der Waals surface area contributed by atoms with Crippen molar-refractivity contribution in [3.05, 3.63) is 0 Å². The zero-order valence-corrected chi connectivity index (χ0v) is 14.0. The average molecular weight is 320 g/mol. The third-order valence-electron chi connectivity index (χ3n) is 6.70. The second-order valence-corrected chi connectivity index (χ2v) is 8.33. The molecule has 0 aromatic carbocycles. The van der Waals surface area contributed by atoms with E-state index >= 15 is 0 Å². The van der Waals surface area contributed by atoms with Crippen molar-refractivity contribution in [1.82, 2.24) is 9.80 Å². The minimum absolute atomic E-state index is 0.229. The lowest BCUT2D eigenvalue weighted by atomic mass is 9.81. The van der Waals surface area contributed by atoms with Gasteiger partial charge in [0.25, 0.3) is 0 Å². The fraction of sp³-hybridized carbons (Fsp3) is 0.889. The van der Waals surface area contributed by atoms with Crippen LogP contribution in [-0.4, -0.2) is 58.5 Å². The van der Waals surface area contributed by atoms with Gasteiger partial charge in [-0.15, -0.1) is 0 Å². The van der Waals surface area contributed by atoms with Crippen molar-refractivity contribution >= 4 is 11.9 Å². The van der Waals surface area contributed by atoms with E-state index in [4.69, 9.17) is 0 Å². The Bertz CT molecular complexity index is 514. The van der Waals surface area contributed by atoms with E-state index in [0.29, 0.717) is 31.1 Å². The van der Waals surface area contributed by atoms with Crippen molar-refractivity contribution in [3.63, 3.8) is 0 Å². The standard InChI is InChI=1S/C18H28N2O3/c1-12(13-4-5-13)20(15-6-7-15)16(21)10-19-9-14-3-2-8-18(14,11-19)17(22)23/h12-15H,2-11H2,1H3,(H,22,23)/t12?,14-,18+/m0/s1. The van der Waals surface area contributed by atoms with Crippen LogP contribution in [0.2, 0.25) is 0 Å². The van der Waals surface area contributed by atoms with Gasteiger partial charge in [0.15, 0.2) is 0 Å². The number of nitrogens with zero attached hydrogens (tertiary/aromatic N) is 2. The number of hydrogen-bond acceptors (Lipinski definition) is 3. The quantitative estimate of drug-likeness (QED) is 0.813. The summed E-state index contributed by atoms with van der Waals surface area (Å²) in [6, 6.07) is 0.819. The molecule has 0 radical (unpaired) electrons. The molecule has 3 saturated carbocycles. The molecule has 0 aromatic heterocycles. The van der Waals surface area contributed by atoms with Gasteiger partial charge in [0.1, 0.15) is 0 Å². The van der Waals surface area contributed by atoms with Crippen molar-refractivity contribution in [1.29, 1.82) is 0 Å². The minimum atomic E-state index is -0.652. The van der Waals surface area contributed by atoms with E-state index in [1.54, 1.807) is 0 Å². The van der Waals surface area contributed by atoms with Crippen LogP contribution in [0.3, 0.4) is 0 Å². The van der Waals surface area contributed by atoms with Crippen molar-refractivity contribution < 1.29 is 14.7 Å². The van der Waals surface area contributed by atoms with Crippen LogP contribution in [-0.2, 0) is 9.59 Å². The van der Waals surface area contributed by atoms with E-state index in [2.05, 4.69) is 16.7 Å². The first-order valence-corrected chi connectivity index (χ1v) is 9.28. The Balaban J connectivity index is 1.41. The van der Waals surface area contributed by atoms with Crippen molar-refractivity contribution in [2.24, 2.45) is 17.3 Å². The second-order valence-electron chi connectivity index (χ2n) is 8.33. The molecule has 0 spiro atoms. The Labute approximate surface area is 138 Å². The zero-order valence-electron chi connectivity index (χ0n) is 14.0. The molecule has 5 nitrogen and oxygen atoms in total. The van der Waals surface area contributed by atoms with Gasteiger partial charge in [-0.2, -0.15) is 0 Å². The molecule has 5 heteroatoms. The number of carboxylic acid groups (broad SMARTS) is 1. The fourth-order valence-corrected chi connectivity index (χ4v) is 5.06. The highest BCUT2D eigenvalue weighted by atomic mass is 16.4. The molecule has 1 amide bonds. The monoisotopic (exact) mass is 320 g/mol. The van der Waals surface area contributed by atoms with Gasteiger partial charge in [-0.25, -0.2) is 0 Å². The predicted molar refractivity (Wildman–Crippen MR) is 85.9 cm³/mol. The van der Waals surface area contributed by atoms with Gasteiger partial charge in [0, 0.05) is 25.2 Å². The molecule has 1 saturated heterocycles. The van der Waals surface area contributed by atoms with Gasteiger partial charge >= 0.3 is 5.97 Å². The predicted octanol–water partition coefficient (Wildman–Crippen LogP) is 1.96. The van der Waals surface area contributed by atoms with Crippen LogP contribution in [0.5, 0.6) is 0 Å². The summed E-state index contributed by atoms with van der Waals surface area (Å²) in [4.78, 5) is 28.9. The van der Waals surface area contributed by atoms with Crippen molar-refractivity contribution in [2.75, 3.05) is 19.6 Å². The number of aliphatic carboxylic acids is 1. The lowest BCUT2D eigenvalue weighted by molar-refractivity contribution is -0.149. The molecule has 3 aliphatic carbocycles. The molecule has 4 fully saturated rings. The molecule has 4 rings (SSSR count). The number of amides is 1. The smallest absolute Gasteiger partial charge is 0.311 e. The molecule has 1 unspecified atom stereocenters. The van der Waals surface area contributed by atoms with Crippen LogP contribution in [0.1, 0.15) is 51.9 Å². The first-order chi connectivity index (χ1) is 11.0. The summed E-state index contributed by atoms with van der Waals surface area (Å²) in [7, 11) is 0. The lowest BCUT2D eigenvalue weighted by Crippen LogP contribution is -2.47. The Kier molecular flexibility index (Phi) is 3.67. The number of likely N-dealkylation sites (tertiary alicyclic amines) is 1. The molecule has 0 aromatic rings. The average Bonchev–Trinajstić information content (AvgIpc) is 3.38. The van der Waals surface area contributed by atoms with Gasteiger partial charge in [0.2, 0.25) is 5.91 Å². The number of carboxylic acids is 1. The molecule has 1 heterocycles. The molecule has 1 aliphatic heterocycles. The van der Waals surface area contributed by atoms with Crippen LogP contribution >= 0.6 is 0 Å². The summed E-state index contributed by atoms with van der Waals surface area (Å²) in [6.45, 7) is 3.97. The normalized spacial score (nSPS) is 35.1. The van der Waals surface area contributed by atoms with Crippen LogP contribution in [0, 0.1) is 17.3 Å². The second kappa shape index (κ2) is 5.47. The topological polar surface area (TPSA) is 60.9 Å². The highest BCUT2D eigenvalue weighted by Crippen LogP contribution is 2.49. The van der Waals surface area contributed by atoms with Crippen LogP contribution in [0.4, 0.5) is 0 Å². The number of carbonyl (C=O) groups excluding carboxylic acids is 1. The summed E-state index contributed by atoms with van der Waals surface area (Å²) in [6.07, 6.45) is 7.60. The molecule has 128 valence electrons. The SMILES string of the molecule is CC(C1CC1)N(C(=O)CN1C[C@@H]2CCC[C@@]2(C(=O)O)C1)C1CC1. The largest absolute Gasteiger partial charge is 0.481 e. The van der Waals surface area contributed by atoms with E-state index in [9.17, 15) is 14.7 Å². The van der Waals surface area contributed by atoms with E-state index in [1.165, 1.54) is 12.8 Å². The lowest BCUT2D eigenvalue weighted by Gasteiger charge is -2.31. The Hall–Kier alpha value is -1.10. The molecule has 3 atom stereocenters. The first kappa shape index (κ1) is 15.4. The maximum atomic E-state index is 12.9. The molecular formula is C18H28N2O3. The Morgan fingerprint density at radius 1 is 1.26 bits per heavy atom. The van der Waals surface area contributed by atoms with E-state index in [1.807, 2.05) is 0 Å². The highest BCUT2D eigenvalue weighted by Gasteiger charge is 2.55. The highest BCUT2D eigenvalue weighted by molar-refractivity contribution is 5.80. The zero-order chi connectivity index (χ0) is 16.2. The molecule has 4 aliphatic rings. The van der Waals surface area contributed by atoms with E-state index in [-0.39, 0.29) is 11.8 Å². The molecule has 0 bridgehead atoms. The van der Waals surface area contributed by atoms with Gasteiger partial charge < -0.3 is 10.0 Å². The van der Waals surface area contributed by atoms with Crippen LogP contribution in [0.25, 0.3) is 0 Å². The number of carbonyl (C=O) groups is 2. The summed E-state index contributed by atoms with van der Waals surface area (Å²) >= 11 is 0. The van der Waals surface area contributed by atoms with E-state index < -0.39 is 11.4 Å². The maximum Gasteiger partial charge on any atom is 0.311 e. The molecule has 23 heavy (non-hydrogen) atoms. The summed E-state index contributed by atoms with van der Waals surface area (Å²) < 4.78 is 0. The van der Waals surface area contributed by atoms with Gasteiger partial charge in [-0.1, -0.05) is 6.42 Å². The number of fused-ring (bicyclic) bond motifs is 1.